The van der Waals surface area contributed by atoms with Crippen LogP contribution in [0.4, 0.5) is 4.79 Å². The van der Waals surface area contributed by atoms with Crippen LogP contribution in [0.5, 0.6) is 0 Å². The van der Waals surface area contributed by atoms with Crippen molar-refractivity contribution in [2.75, 3.05) is 13.2 Å². The lowest BCUT2D eigenvalue weighted by Crippen LogP contribution is -2.30. The Labute approximate surface area is 98.4 Å². The van der Waals surface area contributed by atoms with Gasteiger partial charge in [-0.2, -0.15) is 5.06 Å². The third-order valence-electron chi connectivity index (χ3n) is 2.95. The van der Waals surface area contributed by atoms with Crippen molar-refractivity contribution in [3.8, 4) is 0 Å². The molecule has 0 radical (unpaired) electrons. The fourth-order valence-electron chi connectivity index (χ4n) is 2.27. The number of amides is 2. The van der Waals surface area contributed by atoms with Gasteiger partial charge in [-0.15, -0.1) is 6.58 Å². The fraction of sp³-hybridized carbons (Fsp3) is 0.455. The molecule has 0 aliphatic carbocycles. The summed E-state index contributed by atoms with van der Waals surface area (Å²) in [6.45, 7) is 6.76. The number of rotatable bonds is 3. The number of aromatic nitrogens is 1. The second-order valence-corrected chi connectivity index (χ2v) is 4.13. The van der Waals surface area contributed by atoms with E-state index in [-0.39, 0.29) is 12.1 Å². The van der Waals surface area contributed by atoms with Gasteiger partial charge in [0.05, 0.1) is 19.7 Å². The van der Waals surface area contributed by atoms with Crippen molar-refractivity contribution >= 4 is 6.03 Å². The van der Waals surface area contributed by atoms with Crippen molar-refractivity contribution < 1.29 is 14.0 Å². The fourth-order valence-corrected chi connectivity index (χ4v) is 2.27. The monoisotopic (exact) mass is 235 g/mol. The van der Waals surface area contributed by atoms with Crippen LogP contribution < -0.4 is 0 Å². The van der Waals surface area contributed by atoms with Crippen LogP contribution in [0.3, 0.4) is 0 Å². The average Bonchev–Trinajstić information content (AvgIpc) is 2.79. The van der Waals surface area contributed by atoms with Gasteiger partial charge in [-0.05, 0) is 0 Å². The lowest BCUT2D eigenvalue weighted by atomic mass is 10.1. The molecule has 1 saturated heterocycles. The molecule has 17 heavy (non-hydrogen) atoms. The van der Waals surface area contributed by atoms with Gasteiger partial charge in [0, 0.05) is 6.92 Å². The normalized spacial score (nSPS) is 21.9. The van der Waals surface area contributed by atoms with E-state index in [9.17, 15) is 4.79 Å². The summed E-state index contributed by atoms with van der Waals surface area (Å²) >= 11 is 0. The molecule has 1 fully saturated rings. The molecule has 1 atom stereocenters. The van der Waals surface area contributed by atoms with Crippen molar-refractivity contribution in [2.24, 2.45) is 0 Å². The third kappa shape index (κ3) is 1.44. The lowest BCUT2D eigenvalue weighted by Gasteiger charge is -2.20. The molecule has 1 aromatic rings. The first-order chi connectivity index (χ1) is 8.20. The molecule has 1 aromatic heterocycles. The van der Waals surface area contributed by atoms with Crippen molar-refractivity contribution in [3.05, 3.63) is 30.0 Å². The molecule has 1 unspecified atom stereocenters. The first-order valence-electron chi connectivity index (χ1n) is 5.49. The summed E-state index contributed by atoms with van der Waals surface area (Å²) in [5, 5.41) is 1.37. The van der Waals surface area contributed by atoms with E-state index in [1.165, 1.54) is 5.06 Å². The molecule has 3 rings (SSSR count). The van der Waals surface area contributed by atoms with Gasteiger partial charge < -0.3 is 9.32 Å². The summed E-state index contributed by atoms with van der Waals surface area (Å²) in [5.41, 5.74) is 0.814. The minimum atomic E-state index is -0.163. The highest BCUT2D eigenvalue weighted by atomic mass is 16.7. The topological polar surface area (TPSA) is 58.8 Å². The van der Waals surface area contributed by atoms with Crippen LogP contribution in [0.15, 0.2) is 17.1 Å². The van der Waals surface area contributed by atoms with Gasteiger partial charge in [-0.25, -0.2) is 9.78 Å². The molecule has 0 spiro atoms. The van der Waals surface area contributed by atoms with Crippen LogP contribution in [0.1, 0.15) is 23.4 Å². The Morgan fingerprint density at radius 2 is 2.53 bits per heavy atom. The average molecular weight is 235 g/mol. The molecule has 0 N–H and O–H groups in total. The van der Waals surface area contributed by atoms with Crippen molar-refractivity contribution in [1.29, 1.82) is 0 Å². The molecule has 0 aromatic carbocycles. The van der Waals surface area contributed by atoms with E-state index >= 15 is 0 Å². The van der Waals surface area contributed by atoms with Crippen LogP contribution in [-0.4, -0.2) is 34.1 Å². The zero-order chi connectivity index (χ0) is 12.0. The van der Waals surface area contributed by atoms with Crippen LogP contribution in [0.2, 0.25) is 0 Å². The third-order valence-corrected chi connectivity index (χ3v) is 2.95. The van der Waals surface area contributed by atoms with Crippen molar-refractivity contribution in [3.63, 3.8) is 0 Å². The summed E-state index contributed by atoms with van der Waals surface area (Å²) in [6.07, 6.45) is 1.61. The maximum atomic E-state index is 12.0. The Kier molecular flexibility index (Phi) is 2.19. The second-order valence-electron chi connectivity index (χ2n) is 4.13. The first kappa shape index (κ1) is 10.3. The number of urea groups is 1. The predicted octanol–water partition coefficient (Wildman–Crippen LogP) is 1.39. The Hall–Kier alpha value is -1.82. The standard InChI is InChI=1S/C11H13N3O3/c1-3-4-16-14-8-5-13(11(14)15)6-9-10(8)12-7(2)17-9/h3,8H,1,4-6H2,2H3. The van der Waals surface area contributed by atoms with Crippen LogP contribution in [0, 0.1) is 6.92 Å². The maximum Gasteiger partial charge on any atom is 0.345 e. The molecule has 2 amide bonds. The SMILES string of the molecule is C=CCON1C(=O)N2Cc3oc(C)nc3C1C2. The van der Waals surface area contributed by atoms with Gasteiger partial charge in [-0.3, -0.25) is 4.84 Å². The lowest BCUT2D eigenvalue weighted by molar-refractivity contribution is -0.119. The number of hydrogen-bond acceptors (Lipinski definition) is 4. The molecule has 2 aliphatic heterocycles. The second kappa shape index (κ2) is 3.59. The molecule has 90 valence electrons. The van der Waals surface area contributed by atoms with Gasteiger partial charge in [0.2, 0.25) is 0 Å². The Morgan fingerprint density at radius 3 is 3.29 bits per heavy atom. The summed E-state index contributed by atoms with van der Waals surface area (Å²) in [5.74, 6) is 1.39. The van der Waals surface area contributed by atoms with E-state index in [0.29, 0.717) is 25.6 Å². The van der Waals surface area contributed by atoms with Crippen molar-refractivity contribution in [1.82, 2.24) is 14.9 Å². The largest absolute Gasteiger partial charge is 0.444 e. The van der Waals surface area contributed by atoms with E-state index in [2.05, 4.69) is 11.6 Å². The number of carbonyl (C=O) groups is 1. The van der Waals surface area contributed by atoms with Crippen LogP contribution in [0.25, 0.3) is 0 Å². The molecule has 6 heteroatoms. The zero-order valence-corrected chi connectivity index (χ0v) is 9.55. The number of oxazole rings is 1. The Balaban J connectivity index is 1.94. The van der Waals surface area contributed by atoms with Crippen molar-refractivity contribution in [2.45, 2.75) is 19.5 Å². The Morgan fingerprint density at radius 1 is 1.71 bits per heavy atom. The number of fused-ring (bicyclic) bond motifs is 4. The van der Waals surface area contributed by atoms with Gasteiger partial charge in [-0.1, -0.05) is 6.08 Å². The highest BCUT2D eigenvalue weighted by Crippen LogP contribution is 2.37. The zero-order valence-electron chi connectivity index (χ0n) is 9.55. The molecular weight excluding hydrogens is 222 g/mol. The van der Waals surface area contributed by atoms with Gasteiger partial charge in [0.25, 0.3) is 0 Å². The highest BCUT2D eigenvalue weighted by molar-refractivity contribution is 5.77. The number of hydrogen-bond donors (Lipinski definition) is 0. The van der Waals surface area contributed by atoms with E-state index in [4.69, 9.17) is 9.25 Å². The molecule has 6 nitrogen and oxygen atoms in total. The van der Waals surface area contributed by atoms with Gasteiger partial charge >= 0.3 is 6.03 Å². The van der Waals surface area contributed by atoms with E-state index in [0.717, 1.165) is 11.5 Å². The number of nitrogens with zero attached hydrogens (tertiary/aromatic N) is 3. The molecule has 2 aliphatic rings. The molecule has 3 heterocycles. The van der Waals surface area contributed by atoms with Gasteiger partial charge in [0.15, 0.2) is 5.89 Å². The number of aryl methyl sites for hydroxylation is 1. The predicted molar refractivity (Wildman–Crippen MR) is 57.8 cm³/mol. The first-order valence-corrected chi connectivity index (χ1v) is 5.49. The summed E-state index contributed by atoms with van der Waals surface area (Å²) in [6, 6.07) is -0.300. The number of carbonyl (C=O) groups excluding carboxylic acids is 1. The summed E-state index contributed by atoms with van der Waals surface area (Å²) < 4.78 is 5.48. The van der Waals surface area contributed by atoms with E-state index in [1.807, 2.05) is 0 Å². The summed E-state index contributed by atoms with van der Waals surface area (Å²) in [4.78, 5) is 23.4. The minimum absolute atomic E-state index is 0.136. The summed E-state index contributed by atoms with van der Waals surface area (Å²) in [7, 11) is 0. The smallest absolute Gasteiger partial charge is 0.345 e. The van der Waals surface area contributed by atoms with Gasteiger partial charge in [0.1, 0.15) is 17.5 Å². The molecular formula is C11H13N3O3. The minimum Gasteiger partial charge on any atom is -0.444 e. The maximum absolute atomic E-state index is 12.0. The van der Waals surface area contributed by atoms with E-state index < -0.39 is 0 Å². The highest BCUT2D eigenvalue weighted by Gasteiger charge is 2.46. The van der Waals surface area contributed by atoms with E-state index in [1.54, 1.807) is 17.9 Å². The number of hydroxylamine groups is 2. The van der Waals surface area contributed by atoms with Crippen LogP contribution >= 0.6 is 0 Å². The molecule has 0 saturated carbocycles. The quantitative estimate of drug-likeness (QED) is 0.743. The van der Waals surface area contributed by atoms with Crippen LogP contribution in [-0.2, 0) is 11.4 Å². The molecule has 2 bridgehead atoms. The Bertz CT molecular complexity index is 482.